The van der Waals surface area contributed by atoms with E-state index < -0.39 is 19.0 Å². The minimum atomic E-state index is -1.81. The highest BCUT2D eigenvalue weighted by Crippen LogP contribution is 2.42. The Morgan fingerprint density at radius 2 is 1.78 bits per heavy atom. The molecule has 0 unspecified atom stereocenters. The molecule has 1 aromatic rings. The molecule has 0 saturated heterocycles. The molecular weight excluding hydrogens is 532 g/mol. The van der Waals surface area contributed by atoms with Crippen molar-refractivity contribution >= 4 is 57.1 Å². The van der Waals surface area contributed by atoms with Crippen molar-refractivity contribution in [3.63, 3.8) is 0 Å². The van der Waals surface area contributed by atoms with Gasteiger partial charge in [-0.1, -0.05) is 0 Å². The Hall–Kier alpha value is -0.820. The number of aromatic hydroxyl groups is 1. The van der Waals surface area contributed by atoms with Crippen molar-refractivity contribution in [1.29, 1.82) is 0 Å². The van der Waals surface area contributed by atoms with E-state index in [1.54, 1.807) is 52.1 Å². The summed E-state index contributed by atoms with van der Waals surface area (Å²) in [5, 5.41) is 20.5. The zero-order chi connectivity index (χ0) is 17.8. The highest BCUT2D eigenvalue weighted by molar-refractivity contribution is 14.1. The van der Waals surface area contributed by atoms with Gasteiger partial charge in [0, 0.05) is 6.92 Å². The molecule has 2 N–H and O–H groups in total. The lowest BCUT2D eigenvalue weighted by Crippen LogP contribution is -2.64. The van der Waals surface area contributed by atoms with Crippen LogP contribution in [0.4, 0.5) is 0 Å². The molecule has 0 aliphatic carbocycles. The van der Waals surface area contributed by atoms with E-state index in [1.165, 1.54) is 38.1 Å². The molecule has 7 nitrogen and oxygen atoms in total. The van der Waals surface area contributed by atoms with Gasteiger partial charge in [-0.05, 0) is 83.3 Å². The monoisotopic (exact) mass is 549 g/mol. The summed E-state index contributed by atoms with van der Waals surface area (Å²) in [7, 11) is 0. The Kier molecular flexibility index (Phi) is 6.89. The number of carbonyl (C=O) groups is 2. The molecule has 9 heteroatoms. The predicted octanol–water partition coefficient (Wildman–Crippen LogP) is 2.37. The number of esters is 1. The third-order valence-electron chi connectivity index (χ3n) is 2.75. The fraction of sp³-hybridized carbons (Fsp3) is 0.429. The zero-order valence-electron chi connectivity index (χ0n) is 12.7. The van der Waals surface area contributed by atoms with Gasteiger partial charge in [0.1, 0.15) is 5.75 Å². The highest BCUT2D eigenvalue weighted by atomic mass is 127. The highest BCUT2D eigenvalue weighted by Gasteiger charge is 2.59. The van der Waals surface area contributed by atoms with E-state index in [9.17, 15) is 19.8 Å². The zero-order valence-corrected chi connectivity index (χ0v) is 17.1. The van der Waals surface area contributed by atoms with E-state index in [2.05, 4.69) is 0 Å². The van der Waals surface area contributed by atoms with Crippen molar-refractivity contribution in [2.24, 2.45) is 0 Å². The summed E-state index contributed by atoms with van der Waals surface area (Å²) >= 11 is 3.28. The lowest BCUT2D eigenvalue weighted by atomic mass is 10.1. The lowest BCUT2D eigenvalue weighted by molar-refractivity contribution is -0.191. The van der Waals surface area contributed by atoms with Crippen molar-refractivity contribution in [2.75, 3.05) is 6.61 Å². The van der Waals surface area contributed by atoms with Gasteiger partial charge in [0.25, 0.3) is 9.45 Å². The van der Waals surface area contributed by atoms with Gasteiger partial charge in [-0.2, -0.15) is 0 Å². The first-order chi connectivity index (χ1) is 10.5. The van der Waals surface area contributed by atoms with Gasteiger partial charge in [-0.15, -0.1) is 5.06 Å². The number of aliphatic hydroxyl groups is 1. The standard InChI is InChI=1S/C14H17I2NO6/c1-4-22-12(20)14(16,13(3,15)21)17(9(2)18)23-11-7-5-10(19)6-8-11/h5-8,19,21H,4H2,1-3H3/t13-,14-/m1/s1. The summed E-state index contributed by atoms with van der Waals surface area (Å²) < 4.78 is 1.50. The van der Waals surface area contributed by atoms with Crippen molar-refractivity contribution in [3.05, 3.63) is 24.3 Å². The molecule has 2 atom stereocenters. The number of phenols is 1. The van der Waals surface area contributed by atoms with Crippen LogP contribution in [0.15, 0.2) is 24.3 Å². The van der Waals surface area contributed by atoms with Gasteiger partial charge in [-0.25, -0.2) is 4.79 Å². The molecule has 1 rings (SSSR count). The number of phenolic OH excluding ortho intramolecular Hbond substituents is 1. The molecular formula is C14H17I2NO6. The summed E-state index contributed by atoms with van der Waals surface area (Å²) in [6.45, 7) is 4.28. The summed E-state index contributed by atoms with van der Waals surface area (Å²) in [4.78, 5) is 29.9. The maximum Gasteiger partial charge on any atom is 0.349 e. The minimum Gasteiger partial charge on any atom is -0.508 e. The smallest absolute Gasteiger partial charge is 0.349 e. The number of amides is 1. The van der Waals surface area contributed by atoms with Crippen LogP contribution in [0.3, 0.4) is 0 Å². The molecule has 0 saturated carbocycles. The minimum absolute atomic E-state index is 0.0266. The average molecular weight is 549 g/mol. The number of hydroxylamine groups is 2. The van der Waals surface area contributed by atoms with E-state index in [-0.39, 0.29) is 18.1 Å². The second-order valence-corrected chi connectivity index (χ2v) is 8.36. The lowest BCUT2D eigenvalue weighted by Gasteiger charge is -2.41. The van der Waals surface area contributed by atoms with Crippen LogP contribution in [0.1, 0.15) is 20.8 Å². The molecule has 0 fully saturated rings. The molecule has 0 radical (unpaired) electrons. The molecule has 0 spiro atoms. The Morgan fingerprint density at radius 3 is 2.17 bits per heavy atom. The molecule has 128 valence electrons. The van der Waals surface area contributed by atoms with Crippen LogP contribution >= 0.6 is 45.2 Å². The number of halogens is 2. The van der Waals surface area contributed by atoms with E-state index in [4.69, 9.17) is 9.57 Å². The van der Waals surface area contributed by atoms with Gasteiger partial charge in [0.05, 0.1) is 6.61 Å². The third kappa shape index (κ3) is 4.59. The van der Waals surface area contributed by atoms with Gasteiger partial charge in [0.15, 0.2) is 9.36 Å². The predicted molar refractivity (Wildman–Crippen MR) is 99.3 cm³/mol. The average Bonchev–Trinajstić information content (AvgIpc) is 2.44. The first-order valence-electron chi connectivity index (χ1n) is 6.59. The molecule has 23 heavy (non-hydrogen) atoms. The topological polar surface area (TPSA) is 96.3 Å². The number of hydrogen-bond donors (Lipinski definition) is 2. The molecule has 1 amide bonds. The van der Waals surface area contributed by atoms with E-state index in [0.29, 0.717) is 0 Å². The number of rotatable bonds is 6. The molecule has 0 aliphatic rings. The molecule has 0 bridgehead atoms. The number of ether oxygens (including phenoxy) is 1. The van der Waals surface area contributed by atoms with Gasteiger partial charge >= 0.3 is 5.97 Å². The first kappa shape index (κ1) is 20.2. The second kappa shape index (κ2) is 7.83. The van der Waals surface area contributed by atoms with Crippen molar-refractivity contribution in [2.45, 2.75) is 27.9 Å². The fourth-order valence-electron chi connectivity index (χ4n) is 1.64. The normalized spacial score (nSPS) is 15.9. The number of nitrogens with zero attached hydrogens (tertiary/aromatic N) is 1. The van der Waals surface area contributed by atoms with E-state index in [0.717, 1.165) is 5.06 Å². The molecule has 0 aromatic heterocycles. The third-order valence-corrected chi connectivity index (χ3v) is 6.49. The van der Waals surface area contributed by atoms with Crippen LogP contribution in [0.2, 0.25) is 0 Å². The van der Waals surface area contributed by atoms with Gasteiger partial charge in [-0.3, -0.25) is 4.79 Å². The molecule has 1 aromatic carbocycles. The SMILES string of the molecule is CCOC(=O)[C@@](I)(N(Oc1ccc(O)cc1)C(C)=O)[C@@](C)(O)I. The summed E-state index contributed by atoms with van der Waals surface area (Å²) in [6, 6.07) is 5.59. The van der Waals surface area contributed by atoms with Crippen molar-refractivity contribution in [3.8, 4) is 11.5 Å². The summed E-state index contributed by atoms with van der Waals surface area (Å²) in [6.07, 6.45) is 0. The Balaban J connectivity index is 3.28. The second-order valence-electron chi connectivity index (χ2n) is 4.69. The van der Waals surface area contributed by atoms with Crippen LogP contribution in [-0.2, 0) is 14.3 Å². The Morgan fingerprint density at radius 1 is 1.26 bits per heavy atom. The van der Waals surface area contributed by atoms with Crippen molar-refractivity contribution < 1.29 is 29.4 Å². The Bertz CT molecular complexity index is 572. The van der Waals surface area contributed by atoms with Gasteiger partial charge in [0.2, 0.25) is 0 Å². The molecule has 0 heterocycles. The molecule has 0 aliphatic heterocycles. The maximum absolute atomic E-state index is 12.4. The van der Waals surface area contributed by atoms with Gasteiger partial charge < -0.3 is 19.8 Å². The fourth-order valence-corrected chi connectivity index (χ4v) is 2.67. The number of alkyl halides is 2. The van der Waals surface area contributed by atoms with Crippen LogP contribution in [0, 0.1) is 0 Å². The van der Waals surface area contributed by atoms with E-state index in [1.807, 2.05) is 0 Å². The van der Waals surface area contributed by atoms with E-state index >= 15 is 0 Å². The van der Waals surface area contributed by atoms with Crippen LogP contribution in [0.5, 0.6) is 11.5 Å². The quantitative estimate of drug-likeness (QED) is 0.186. The maximum atomic E-state index is 12.4. The summed E-state index contributed by atoms with van der Waals surface area (Å²) in [5.41, 5.74) is 0. The number of carbonyl (C=O) groups excluding carboxylic acids is 2. The first-order valence-corrected chi connectivity index (χ1v) is 8.75. The van der Waals surface area contributed by atoms with Crippen LogP contribution in [-0.4, -0.2) is 40.9 Å². The number of hydrogen-bond acceptors (Lipinski definition) is 6. The number of benzene rings is 1. The van der Waals surface area contributed by atoms with Crippen molar-refractivity contribution in [1.82, 2.24) is 5.06 Å². The largest absolute Gasteiger partial charge is 0.508 e. The Labute approximate surface area is 161 Å². The van der Waals surface area contributed by atoms with Crippen LogP contribution in [0.25, 0.3) is 0 Å². The summed E-state index contributed by atoms with van der Waals surface area (Å²) in [5.74, 6) is -1.17. The van der Waals surface area contributed by atoms with Crippen LogP contribution < -0.4 is 4.84 Å².